The van der Waals surface area contributed by atoms with E-state index in [2.05, 4.69) is 15.7 Å². The van der Waals surface area contributed by atoms with E-state index in [1.165, 1.54) is 0 Å². The van der Waals surface area contributed by atoms with Gasteiger partial charge in [0.2, 0.25) is 11.8 Å². The van der Waals surface area contributed by atoms with Crippen molar-refractivity contribution < 1.29 is 9.59 Å². The van der Waals surface area contributed by atoms with Crippen LogP contribution in [-0.2, 0) is 16.1 Å². The van der Waals surface area contributed by atoms with Crippen LogP contribution in [0.3, 0.4) is 0 Å². The van der Waals surface area contributed by atoms with E-state index in [0.29, 0.717) is 13.1 Å². The van der Waals surface area contributed by atoms with Crippen LogP contribution >= 0.6 is 0 Å². The number of nitrogens with one attached hydrogen (secondary N) is 2. The minimum Gasteiger partial charge on any atom is -0.355 e. The van der Waals surface area contributed by atoms with Crippen molar-refractivity contribution >= 4 is 11.8 Å². The van der Waals surface area contributed by atoms with Gasteiger partial charge in [-0.15, -0.1) is 0 Å². The summed E-state index contributed by atoms with van der Waals surface area (Å²) in [6, 6.07) is 9.63. The van der Waals surface area contributed by atoms with Crippen molar-refractivity contribution in [3.63, 3.8) is 0 Å². The summed E-state index contributed by atoms with van der Waals surface area (Å²) in [6.45, 7) is 6.28. The Morgan fingerprint density at radius 2 is 1.88 bits per heavy atom. The van der Waals surface area contributed by atoms with Gasteiger partial charge in [0.25, 0.3) is 0 Å². The highest BCUT2D eigenvalue weighted by molar-refractivity contribution is 5.82. The fourth-order valence-electron chi connectivity index (χ4n) is 2.13. The Balaban J connectivity index is 1.84. The maximum absolute atomic E-state index is 12.0. The molecule has 0 bridgehead atoms. The van der Waals surface area contributed by atoms with Crippen LogP contribution in [0, 0.1) is 5.41 Å². The predicted molar refractivity (Wildman–Crippen MR) is 92.5 cm³/mol. The van der Waals surface area contributed by atoms with Crippen LogP contribution in [0.5, 0.6) is 0 Å². The highest BCUT2D eigenvalue weighted by Gasteiger charge is 2.20. The first-order chi connectivity index (χ1) is 11.4. The van der Waals surface area contributed by atoms with Crippen molar-refractivity contribution in [2.75, 3.05) is 6.54 Å². The van der Waals surface area contributed by atoms with Crippen molar-refractivity contribution in [1.29, 1.82) is 0 Å². The number of para-hydroxylation sites is 1. The molecule has 6 nitrogen and oxygen atoms in total. The molecule has 0 fully saturated rings. The molecule has 0 saturated carbocycles. The van der Waals surface area contributed by atoms with Gasteiger partial charge in [0.05, 0.1) is 5.69 Å². The molecule has 0 radical (unpaired) electrons. The van der Waals surface area contributed by atoms with Gasteiger partial charge in [0.15, 0.2) is 0 Å². The average molecular weight is 328 g/mol. The zero-order chi connectivity index (χ0) is 17.6. The first-order valence-electron chi connectivity index (χ1n) is 8.01. The lowest BCUT2D eigenvalue weighted by molar-refractivity contribution is -0.128. The highest BCUT2D eigenvalue weighted by Crippen LogP contribution is 2.13. The van der Waals surface area contributed by atoms with E-state index in [-0.39, 0.29) is 18.2 Å². The number of nitrogens with zero attached hydrogens (tertiary/aromatic N) is 2. The molecular weight excluding hydrogens is 304 g/mol. The van der Waals surface area contributed by atoms with Gasteiger partial charge in [-0.25, -0.2) is 4.68 Å². The molecule has 2 amide bonds. The lowest BCUT2D eigenvalue weighted by atomic mass is 9.96. The molecule has 0 atom stereocenters. The number of carbonyl (C=O) groups excluding carboxylic acids is 2. The van der Waals surface area contributed by atoms with Gasteiger partial charge in [-0.1, -0.05) is 39.0 Å². The molecule has 0 aliphatic rings. The van der Waals surface area contributed by atoms with Crippen LogP contribution in [-0.4, -0.2) is 28.1 Å². The van der Waals surface area contributed by atoms with E-state index in [9.17, 15) is 9.59 Å². The number of hydrogen-bond acceptors (Lipinski definition) is 3. The number of rotatable bonds is 6. The smallest absolute Gasteiger partial charge is 0.225 e. The Kier molecular flexibility index (Phi) is 5.73. The Morgan fingerprint density at radius 1 is 1.12 bits per heavy atom. The Bertz CT molecular complexity index is 687. The summed E-state index contributed by atoms with van der Waals surface area (Å²) in [4.78, 5) is 23.7. The third-order valence-electron chi connectivity index (χ3n) is 3.54. The molecule has 2 aromatic rings. The minimum atomic E-state index is -0.445. The summed E-state index contributed by atoms with van der Waals surface area (Å²) in [7, 11) is 0. The zero-order valence-corrected chi connectivity index (χ0v) is 14.4. The second-order valence-corrected chi connectivity index (χ2v) is 6.61. The lowest BCUT2D eigenvalue weighted by Gasteiger charge is -2.17. The number of benzene rings is 1. The van der Waals surface area contributed by atoms with E-state index in [0.717, 1.165) is 11.3 Å². The summed E-state index contributed by atoms with van der Waals surface area (Å²) in [5.74, 6) is -0.154. The minimum absolute atomic E-state index is 0.0562. The zero-order valence-electron chi connectivity index (χ0n) is 14.4. The van der Waals surface area contributed by atoms with E-state index in [1.54, 1.807) is 10.9 Å². The lowest BCUT2D eigenvalue weighted by Crippen LogP contribution is -2.37. The Morgan fingerprint density at radius 3 is 2.54 bits per heavy atom. The summed E-state index contributed by atoms with van der Waals surface area (Å²) in [5, 5.41) is 9.88. The SMILES string of the molecule is CC(C)(C)C(=O)NCCC(=O)NCc1ccccc1-n1cccn1. The topological polar surface area (TPSA) is 76.0 Å². The van der Waals surface area contributed by atoms with Crippen LogP contribution in [0.2, 0.25) is 0 Å². The molecule has 2 rings (SSSR count). The summed E-state index contributed by atoms with van der Waals surface area (Å²) in [5.41, 5.74) is 1.47. The number of amides is 2. The number of carbonyl (C=O) groups is 2. The van der Waals surface area contributed by atoms with Gasteiger partial charge in [-0.2, -0.15) is 5.10 Å². The van der Waals surface area contributed by atoms with Crippen LogP contribution in [0.25, 0.3) is 5.69 Å². The maximum Gasteiger partial charge on any atom is 0.225 e. The normalized spacial score (nSPS) is 11.1. The third kappa shape index (κ3) is 4.94. The van der Waals surface area contributed by atoms with E-state index < -0.39 is 5.41 Å². The Labute approximate surface area is 142 Å². The van der Waals surface area contributed by atoms with Gasteiger partial charge in [0, 0.05) is 37.3 Å². The molecule has 0 saturated heterocycles. The molecule has 128 valence electrons. The molecular formula is C18H24N4O2. The summed E-state index contributed by atoms with van der Waals surface area (Å²) in [6.07, 6.45) is 3.84. The highest BCUT2D eigenvalue weighted by atomic mass is 16.2. The molecule has 0 aliphatic heterocycles. The molecule has 0 spiro atoms. The fourth-order valence-corrected chi connectivity index (χ4v) is 2.13. The quantitative estimate of drug-likeness (QED) is 0.852. The summed E-state index contributed by atoms with van der Waals surface area (Å²) < 4.78 is 1.77. The number of hydrogen-bond donors (Lipinski definition) is 2. The van der Waals surface area contributed by atoms with Gasteiger partial charge in [0.1, 0.15) is 0 Å². The van der Waals surface area contributed by atoms with Crippen molar-refractivity contribution in [3.8, 4) is 5.69 Å². The third-order valence-corrected chi connectivity index (χ3v) is 3.54. The number of aromatic nitrogens is 2. The van der Waals surface area contributed by atoms with Gasteiger partial charge in [-0.05, 0) is 17.7 Å². The first-order valence-corrected chi connectivity index (χ1v) is 8.01. The largest absolute Gasteiger partial charge is 0.355 e. The average Bonchev–Trinajstić information content (AvgIpc) is 3.06. The standard InChI is InChI=1S/C18H24N4O2/c1-18(2,3)17(24)19-11-9-16(23)20-13-14-7-4-5-8-15(14)22-12-6-10-21-22/h4-8,10,12H,9,11,13H2,1-3H3,(H,19,24)(H,20,23). The van der Waals surface area contributed by atoms with Crippen LogP contribution in [0.1, 0.15) is 32.8 Å². The van der Waals surface area contributed by atoms with Crippen LogP contribution in [0.15, 0.2) is 42.7 Å². The summed E-state index contributed by atoms with van der Waals surface area (Å²) >= 11 is 0. The molecule has 24 heavy (non-hydrogen) atoms. The van der Waals surface area contributed by atoms with E-state index >= 15 is 0 Å². The molecule has 0 unspecified atom stereocenters. The van der Waals surface area contributed by atoms with Crippen molar-refractivity contribution in [2.24, 2.45) is 5.41 Å². The van der Waals surface area contributed by atoms with Gasteiger partial charge < -0.3 is 10.6 Å². The second-order valence-electron chi connectivity index (χ2n) is 6.61. The molecule has 2 N–H and O–H groups in total. The monoisotopic (exact) mass is 328 g/mol. The maximum atomic E-state index is 12.0. The van der Waals surface area contributed by atoms with Crippen molar-refractivity contribution in [1.82, 2.24) is 20.4 Å². The van der Waals surface area contributed by atoms with Gasteiger partial charge >= 0.3 is 0 Å². The molecule has 1 aromatic heterocycles. The van der Waals surface area contributed by atoms with Crippen LogP contribution < -0.4 is 10.6 Å². The van der Waals surface area contributed by atoms with E-state index in [4.69, 9.17) is 0 Å². The fraction of sp³-hybridized carbons (Fsp3) is 0.389. The molecule has 0 aliphatic carbocycles. The molecule has 1 heterocycles. The second kappa shape index (κ2) is 7.77. The first kappa shape index (κ1) is 17.7. The molecule has 1 aromatic carbocycles. The predicted octanol–water partition coefficient (Wildman–Crippen LogP) is 2.04. The van der Waals surface area contributed by atoms with Crippen molar-refractivity contribution in [3.05, 3.63) is 48.3 Å². The van der Waals surface area contributed by atoms with Gasteiger partial charge in [-0.3, -0.25) is 9.59 Å². The van der Waals surface area contributed by atoms with Crippen molar-refractivity contribution in [2.45, 2.75) is 33.7 Å². The Hall–Kier alpha value is -2.63. The van der Waals surface area contributed by atoms with Crippen LogP contribution in [0.4, 0.5) is 0 Å². The molecule has 6 heteroatoms. The van der Waals surface area contributed by atoms with E-state index in [1.807, 2.05) is 57.3 Å².